The second kappa shape index (κ2) is 4.87. The molecule has 0 amide bonds. The van der Waals surface area contributed by atoms with Gasteiger partial charge in [0, 0.05) is 7.11 Å². The number of hydrogen-bond donors (Lipinski definition) is 1. The first-order valence-electron chi connectivity index (χ1n) is 7.21. The van der Waals surface area contributed by atoms with Gasteiger partial charge in [-0.15, -0.1) is 0 Å². The molecule has 1 aromatic rings. The lowest BCUT2D eigenvalue weighted by atomic mass is 9.77. The highest BCUT2D eigenvalue weighted by molar-refractivity contribution is 5.04. The molecule has 1 aromatic heterocycles. The third-order valence-electron chi connectivity index (χ3n) is 4.39. The van der Waals surface area contributed by atoms with E-state index in [1.807, 2.05) is 0 Å². The third kappa shape index (κ3) is 2.54. The molecule has 19 heavy (non-hydrogen) atoms. The van der Waals surface area contributed by atoms with Crippen molar-refractivity contribution in [1.29, 1.82) is 0 Å². The summed E-state index contributed by atoms with van der Waals surface area (Å²) >= 11 is 0. The molecule has 2 fully saturated rings. The highest BCUT2D eigenvalue weighted by Gasteiger charge is 2.39. The number of methoxy groups -OCH3 is 1. The molecule has 2 heterocycles. The van der Waals surface area contributed by atoms with Gasteiger partial charge in [-0.1, -0.05) is 19.0 Å². The summed E-state index contributed by atoms with van der Waals surface area (Å²) in [5, 5.41) is 7.64. The number of nitrogens with zero attached hydrogens (tertiary/aromatic N) is 2. The molecule has 0 aromatic carbocycles. The zero-order valence-electron chi connectivity index (χ0n) is 12.0. The van der Waals surface area contributed by atoms with Gasteiger partial charge in [-0.2, -0.15) is 4.98 Å². The molecule has 2 atom stereocenters. The Morgan fingerprint density at radius 3 is 2.84 bits per heavy atom. The van der Waals surface area contributed by atoms with E-state index in [0.29, 0.717) is 17.6 Å². The molecule has 0 bridgehead atoms. The Balaban J connectivity index is 1.80. The van der Waals surface area contributed by atoms with Gasteiger partial charge in [0.15, 0.2) is 0 Å². The van der Waals surface area contributed by atoms with Crippen LogP contribution in [0.15, 0.2) is 4.52 Å². The van der Waals surface area contributed by atoms with E-state index in [4.69, 9.17) is 9.26 Å². The SMILES string of the molecule is COC(c1noc(C2NCCCC2(C)C)n1)C1CC1. The standard InChI is InChI=1S/C14H23N3O2/c1-14(2)7-4-8-15-11(14)13-16-12(17-19-13)10(18-3)9-5-6-9/h9-11,15H,4-8H2,1-3H3. The smallest absolute Gasteiger partial charge is 0.244 e. The van der Waals surface area contributed by atoms with Crippen LogP contribution in [0.25, 0.3) is 0 Å². The average molecular weight is 265 g/mol. The zero-order chi connectivity index (χ0) is 13.5. The second-order valence-electron chi connectivity index (χ2n) is 6.46. The van der Waals surface area contributed by atoms with Gasteiger partial charge in [0.2, 0.25) is 11.7 Å². The van der Waals surface area contributed by atoms with Crippen molar-refractivity contribution in [1.82, 2.24) is 15.5 Å². The van der Waals surface area contributed by atoms with Crippen molar-refractivity contribution in [3.8, 4) is 0 Å². The number of ether oxygens (including phenoxy) is 1. The van der Waals surface area contributed by atoms with Crippen molar-refractivity contribution in [2.45, 2.75) is 51.7 Å². The summed E-state index contributed by atoms with van der Waals surface area (Å²) in [6, 6.07) is 0.152. The Bertz CT molecular complexity index is 440. The van der Waals surface area contributed by atoms with Gasteiger partial charge in [-0.3, -0.25) is 0 Å². The molecule has 1 aliphatic heterocycles. The maximum absolute atomic E-state index is 5.51. The maximum atomic E-state index is 5.51. The minimum atomic E-state index is 0.00389. The molecular weight excluding hydrogens is 242 g/mol. The van der Waals surface area contributed by atoms with Crippen LogP contribution in [-0.4, -0.2) is 23.8 Å². The summed E-state index contributed by atoms with van der Waals surface area (Å²) in [6.45, 7) is 5.52. The lowest BCUT2D eigenvalue weighted by Gasteiger charge is -2.36. The van der Waals surface area contributed by atoms with Gasteiger partial charge in [0.05, 0.1) is 6.04 Å². The second-order valence-corrected chi connectivity index (χ2v) is 6.46. The van der Waals surface area contributed by atoms with Crippen LogP contribution < -0.4 is 5.32 Å². The molecule has 0 radical (unpaired) electrons. The first kappa shape index (κ1) is 13.1. The number of aromatic nitrogens is 2. The molecule has 1 saturated heterocycles. The lowest BCUT2D eigenvalue weighted by Crippen LogP contribution is -2.39. The number of piperidine rings is 1. The molecule has 106 valence electrons. The predicted octanol–water partition coefficient (Wildman–Crippen LogP) is 2.62. The molecule has 2 aliphatic rings. The Morgan fingerprint density at radius 1 is 1.42 bits per heavy atom. The van der Waals surface area contributed by atoms with Crippen LogP contribution in [0.2, 0.25) is 0 Å². The van der Waals surface area contributed by atoms with Crippen LogP contribution >= 0.6 is 0 Å². The van der Waals surface area contributed by atoms with E-state index in [9.17, 15) is 0 Å². The molecule has 3 rings (SSSR count). The molecule has 0 spiro atoms. The van der Waals surface area contributed by atoms with Crippen LogP contribution in [0, 0.1) is 11.3 Å². The zero-order valence-corrected chi connectivity index (χ0v) is 12.0. The third-order valence-corrected chi connectivity index (χ3v) is 4.39. The molecular formula is C14H23N3O2. The first-order valence-corrected chi connectivity index (χ1v) is 7.21. The summed E-state index contributed by atoms with van der Waals surface area (Å²) in [5.41, 5.74) is 0.157. The van der Waals surface area contributed by atoms with Gasteiger partial charge >= 0.3 is 0 Å². The van der Waals surface area contributed by atoms with E-state index < -0.39 is 0 Å². The Labute approximate surface area is 114 Å². The number of hydrogen-bond acceptors (Lipinski definition) is 5. The average Bonchev–Trinajstić information content (AvgIpc) is 3.08. The van der Waals surface area contributed by atoms with E-state index >= 15 is 0 Å². The summed E-state index contributed by atoms with van der Waals surface area (Å²) in [4.78, 5) is 4.60. The topological polar surface area (TPSA) is 60.2 Å². The fraction of sp³-hybridized carbons (Fsp3) is 0.857. The quantitative estimate of drug-likeness (QED) is 0.906. The molecule has 1 N–H and O–H groups in total. The molecule has 1 aliphatic carbocycles. The highest BCUT2D eigenvalue weighted by Crippen LogP contribution is 2.43. The van der Waals surface area contributed by atoms with Crippen molar-refractivity contribution in [3.63, 3.8) is 0 Å². The van der Waals surface area contributed by atoms with Crippen molar-refractivity contribution in [2.75, 3.05) is 13.7 Å². The molecule has 2 unspecified atom stereocenters. The van der Waals surface area contributed by atoms with E-state index in [1.54, 1.807) is 7.11 Å². The highest BCUT2D eigenvalue weighted by atomic mass is 16.5. The van der Waals surface area contributed by atoms with Crippen LogP contribution in [0.3, 0.4) is 0 Å². The fourth-order valence-electron chi connectivity index (χ4n) is 3.02. The van der Waals surface area contributed by atoms with E-state index in [0.717, 1.165) is 6.54 Å². The fourth-order valence-corrected chi connectivity index (χ4v) is 3.02. The Hall–Kier alpha value is -0.940. The van der Waals surface area contributed by atoms with Crippen molar-refractivity contribution >= 4 is 0 Å². The molecule has 5 heteroatoms. The minimum Gasteiger partial charge on any atom is -0.373 e. The number of rotatable bonds is 4. The summed E-state index contributed by atoms with van der Waals surface area (Å²) in [5.74, 6) is 1.99. The van der Waals surface area contributed by atoms with Crippen molar-refractivity contribution in [2.24, 2.45) is 11.3 Å². The maximum Gasteiger partial charge on any atom is 0.244 e. The summed E-state index contributed by atoms with van der Waals surface area (Å²) < 4.78 is 11.0. The normalized spacial score (nSPS) is 28.3. The lowest BCUT2D eigenvalue weighted by molar-refractivity contribution is 0.0750. The largest absolute Gasteiger partial charge is 0.373 e. The van der Waals surface area contributed by atoms with E-state index in [2.05, 4.69) is 29.3 Å². The predicted molar refractivity (Wildman–Crippen MR) is 70.5 cm³/mol. The summed E-state index contributed by atoms with van der Waals surface area (Å²) in [7, 11) is 1.72. The van der Waals surface area contributed by atoms with Gasteiger partial charge in [0.1, 0.15) is 6.10 Å². The van der Waals surface area contributed by atoms with Gasteiger partial charge in [-0.25, -0.2) is 0 Å². The van der Waals surface area contributed by atoms with Crippen molar-refractivity contribution in [3.05, 3.63) is 11.7 Å². The first-order chi connectivity index (χ1) is 9.12. The molecule has 1 saturated carbocycles. The monoisotopic (exact) mass is 265 g/mol. The van der Waals surface area contributed by atoms with E-state index in [1.165, 1.54) is 25.7 Å². The van der Waals surface area contributed by atoms with Crippen LogP contribution in [0.5, 0.6) is 0 Å². The van der Waals surface area contributed by atoms with Gasteiger partial charge in [-0.05, 0) is 43.6 Å². The minimum absolute atomic E-state index is 0.00389. The Morgan fingerprint density at radius 2 is 2.21 bits per heavy atom. The van der Waals surface area contributed by atoms with Gasteiger partial charge in [0.25, 0.3) is 0 Å². The van der Waals surface area contributed by atoms with Crippen LogP contribution in [-0.2, 0) is 4.74 Å². The summed E-state index contributed by atoms with van der Waals surface area (Å²) in [6.07, 6.45) is 4.79. The van der Waals surface area contributed by atoms with Crippen molar-refractivity contribution < 1.29 is 9.26 Å². The van der Waals surface area contributed by atoms with Crippen LogP contribution in [0.1, 0.15) is 63.4 Å². The van der Waals surface area contributed by atoms with Crippen LogP contribution in [0.4, 0.5) is 0 Å². The Kier molecular flexibility index (Phi) is 3.35. The van der Waals surface area contributed by atoms with E-state index in [-0.39, 0.29) is 17.6 Å². The van der Waals surface area contributed by atoms with Gasteiger partial charge < -0.3 is 14.6 Å². The molecule has 5 nitrogen and oxygen atoms in total. The number of nitrogens with one attached hydrogen (secondary N) is 1.